The van der Waals surface area contributed by atoms with E-state index in [1.807, 2.05) is 6.07 Å². The van der Waals surface area contributed by atoms with Crippen LogP contribution in [0.5, 0.6) is 5.88 Å². The van der Waals surface area contributed by atoms with E-state index in [1.165, 1.54) is 12.8 Å². The summed E-state index contributed by atoms with van der Waals surface area (Å²) in [5.41, 5.74) is 0.976. The Morgan fingerprint density at radius 1 is 1.28 bits per heavy atom. The molecule has 5 nitrogen and oxygen atoms in total. The van der Waals surface area contributed by atoms with Gasteiger partial charge in [0.25, 0.3) is 5.88 Å². The molecule has 1 saturated carbocycles. The monoisotopic (exact) mass is 383 g/mol. The zero-order valence-corrected chi connectivity index (χ0v) is 17.8. The molecule has 0 bridgehead atoms. The van der Waals surface area contributed by atoms with E-state index in [4.69, 9.17) is 20.8 Å². The van der Waals surface area contributed by atoms with Crippen LogP contribution in [-0.2, 0) is 4.43 Å². The van der Waals surface area contributed by atoms with Crippen LogP contribution in [-0.4, -0.2) is 43.8 Å². The number of nitrogens with zero attached hydrogens (tertiary/aromatic N) is 3. The average molecular weight is 384 g/mol. The molecule has 0 radical (unpaired) electrons. The molecule has 25 heavy (non-hydrogen) atoms. The van der Waals surface area contributed by atoms with Gasteiger partial charge >= 0.3 is 0 Å². The maximum absolute atomic E-state index is 6.70. The molecular formula is C18H30ClN3O2Si. The number of rotatable bonds is 3. The Morgan fingerprint density at radius 2 is 2.04 bits per heavy atom. The highest BCUT2D eigenvalue weighted by Gasteiger charge is 2.41. The lowest BCUT2D eigenvalue weighted by Gasteiger charge is -2.44. The minimum atomic E-state index is -1.74. The first-order valence-corrected chi connectivity index (χ1v) is 12.6. The van der Waals surface area contributed by atoms with Crippen LogP contribution in [0.15, 0.2) is 6.07 Å². The maximum atomic E-state index is 6.70. The Bertz CT molecular complexity index is 621. The Labute approximate surface area is 157 Å². The number of fused-ring (bicyclic) bond motifs is 1. The van der Waals surface area contributed by atoms with Crippen molar-refractivity contribution in [2.75, 3.05) is 18.1 Å². The Hall–Kier alpha value is -0.853. The van der Waals surface area contributed by atoms with E-state index in [0.717, 1.165) is 25.1 Å². The highest BCUT2D eigenvalue weighted by atomic mass is 35.5. The van der Waals surface area contributed by atoms with Crippen molar-refractivity contribution in [3.05, 3.63) is 11.2 Å². The quantitative estimate of drug-likeness (QED) is 0.710. The van der Waals surface area contributed by atoms with Crippen LogP contribution in [0.1, 0.15) is 46.5 Å². The van der Waals surface area contributed by atoms with Crippen molar-refractivity contribution in [1.82, 2.24) is 10.2 Å². The molecule has 1 aliphatic carbocycles. The molecule has 0 N–H and O–H groups in total. The van der Waals surface area contributed by atoms with Crippen LogP contribution in [0, 0.1) is 0 Å². The Kier molecular flexibility index (Phi) is 5.33. The van der Waals surface area contributed by atoms with E-state index in [9.17, 15) is 0 Å². The molecule has 0 amide bonds. The van der Waals surface area contributed by atoms with Crippen LogP contribution < -0.4 is 9.64 Å². The second kappa shape index (κ2) is 7.04. The van der Waals surface area contributed by atoms with Crippen LogP contribution in [0.4, 0.5) is 5.69 Å². The van der Waals surface area contributed by atoms with Crippen molar-refractivity contribution in [2.45, 2.75) is 76.7 Å². The number of aromatic nitrogens is 2. The molecule has 0 unspecified atom stereocenters. The lowest BCUT2D eigenvalue weighted by atomic mass is 9.91. The fourth-order valence-electron chi connectivity index (χ4n) is 3.50. The summed E-state index contributed by atoms with van der Waals surface area (Å²) in [7, 11) is -1.74. The molecule has 3 rings (SSSR count). The fraction of sp³-hybridized carbons (Fsp3) is 0.778. The lowest BCUT2D eigenvalue weighted by molar-refractivity contribution is 0.123. The molecule has 1 aromatic heterocycles. The van der Waals surface area contributed by atoms with E-state index in [-0.39, 0.29) is 5.04 Å². The van der Waals surface area contributed by atoms with Gasteiger partial charge in [-0.15, -0.1) is 10.2 Å². The minimum absolute atomic E-state index is 0.245. The second-order valence-electron chi connectivity index (χ2n) is 8.72. The number of hydrogen-bond donors (Lipinski definition) is 0. The molecule has 1 fully saturated rings. The third-order valence-electron chi connectivity index (χ3n) is 5.90. The highest BCUT2D eigenvalue weighted by molar-refractivity contribution is 6.74. The van der Waals surface area contributed by atoms with Crippen LogP contribution >= 0.6 is 11.6 Å². The summed E-state index contributed by atoms with van der Waals surface area (Å²) in [5, 5.41) is 8.67. The molecular weight excluding hydrogens is 354 g/mol. The average Bonchev–Trinajstić information content (AvgIpc) is 2.53. The smallest absolute Gasteiger partial charge is 0.257 e. The topological polar surface area (TPSA) is 47.5 Å². The molecule has 0 spiro atoms. The summed E-state index contributed by atoms with van der Waals surface area (Å²) in [6.07, 6.45) is 4.94. The number of hydrogen-bond acceptors (Lipinski definition) is 5. The number of ether oxygens (including phenoxy) is 1. The van der Waals surface area contributed by atoms with E-state index < -0.39 is 8.32 Å². The standard InChI is InChI=1S/C18H30ClN3O2Si/c1-18(2,3)25(4,5)24-14-8-6-7-13(11-14)22-9-10-23-17-15(22)12-16(19)20-21-17/h12-14H,6-11H2,1-5H3/t13-,14+/m1/s1. The number of anilines is 1. The van der Waals surface area contributed by atoms with Crippen molar-refractivity contribution in [3.8, 4) is 5.88 Å². The van der Waals surface area contributed by atoms with Crippen molar-refractivity contribution in [2.24, 2.45) is 0 Å². The lowest BCUT2D eigenvalue weighted by Crippen LogP contribution is -2.49. The Balaban J connectivity index is 1.74. The fourth-order valence-corrected chi connectivity index (χ4v) is 5.04. The molecule has 1 aliphatic heterocycles. The first kappa shape index (κ1) is 18.9. The predicted octanol–water partition coefficient (Wildman–Crippen LogP) is 4.66. The van der Waals surface area contributed by atoms with Crippen molar-refractivity contribution in [1.29, 1.82) is 0 Å². The molecule has 140 valence electrons. The first-order chi connectivity index (χ1) is 11.7. The molecule has 2 aliphatic rings. The van der Waals surface area contributed by atoms with E-state index in [2.05, 4.69) is 49.0 Å². The van der Waals surface area contributed by atoms with Gasteiger partial charge in [0, 0.05) is 18.2 Å². The van der Waals surface area contributed by atoms with Gasteiger partial charge in [-0.1, -0.05) is 32.4 Å². The predicted molar refractivity (Wildman–Crippen MR) is 104 cm³/mol. The molecule has 2 atom stereocenters. The first-order valence-electron chi connectivity index (χ1n) is 9.28. The van der Waals surface area contributed by atoms with Gasteiger partial charge in [0.1, 0.15) is 12.3 Å². The molecule has 7 heteroatoms. The van der Waals surface area contributed by atoms with Gasteiger partial charge in [0.15, 0.2) is 13.5 Å². The SMILES string of the molecule is CC(C)(C)[Si](C)(C)O[C@H]1CCC[C@@H](N2CCOc3nnc(Cl)cc32)C1. The third kappa shape index (κ3) is 4.12. The maximum Gasteiger partial charge on any atom is 0.257 e. The summed E-state index contributed by atoms with van der Waals surface area (Å²) in [6, 6.07) is 2.33. The van der Waals surface area contributed by atoms with Gasteiger partial charge < -0.3 is 14.1 Å². The molecule has 0 saturated heterocycles. The summed E-state index contributed by atoms with van der Waals surface area (Å²) in [6.45, 7) is 13.1. The molecule has 1 aromatic rings. The van der Waals surface area contributed by atoms with Crippen LogP contribution in [0.2, 0.25) is 23.3 Å². The normalized spacial score (nSPS) is 24.6. The van der Waals surface area contributed by atoms with Crippen LogP contribution in [0.25, 0.3) is 0 Å². The van der Waals surface area contributed by atoms with Crippen molar-refractivity contribution < 1.29 is 9.16 Å². The Morgan fingerprint density at radius 3 is 2.76 bits per heavy atom. The molecule has 0 aromatic carbocycles. The minimum Gasteiger partial charge on any atom is -0.473 e. The second-order valence-corrected chi connectivity index (χ2v) is 13.9. The van der Waals surface area contributed by atoms with Crippen LogP contribution in [0.3, 0.4) is 0 Å². The summed E-state index contributed by atoms with van der Waals surface area (Å²) in [5.74, 6) is 0.600. The third-order valence-corrected chi connectivity index (χ3v) is 10.6. The van der Waals surface area contributed by atoms with E-state index in [1.54, 1.807) is 0 Å². The van der Waals surface area contributed by atoms with Gasteiger partial charge in [0.2, 0.25) is 0 Å². The summed E-state index contributed by atoms with van der Waals surface area (Å²) < 4.78 is 12.4. The highest BCUT2D eigenvalue weighted by Crippen LogP contribution is 2.41. The van der Waals surface area contributed by atoms with Gasteiger partial charge in [-0.05, 0) is 43.8 Å². The summed E-state index contributed by atoms with van der Waals surface area (Å²) in [4.78, 5) is 2.40. The van der Waals surface area contributed by atoms with Gasteiger partial charge in [-0.2, -0.15) is 0 Å². The zero-order valence-electron chi connectivity index (χ0n) is 16.0. The van der Waals surface area contributed by atoms with Gasteiger partial charge in [-0.25, -0.2) is 0 Å². The number of halogens is 1. The van der Waals surface area contributed by atoms with Crippen molar-refractivity contribution in [3.63, 3.8) is 0 Å². The largest absolute Gasteiger partial charge is 0.473 e. The van der Waals surface area contributed by atoms with E-state index >= 15 is 0 Å². The van der Waals surface area contributed by atoms with Crippen molar-refractivity contribution >= 4 is 25.6 Å². The molecule has 2 heterocycles. The van der Waals surface area contributed by atoms with E-state index in [0.29, 0.717) is 29.8 Å². The zero-order chi connectivity index (χ0) is 18.2. The van der Waals surface area contributed by atoms with Gasteiger partial charge in [-0.3, -0.25) is 0 Å². The summed E-state index contributed by atoms with van der Waals surface area (Å²) >= 11 is 6.07. The van der Waals surface area contributed by atoms with Gasteiger partial charge in [0.05, 0.1) is 6.54 Å².